The number of aryl methyl sites for hydroxylation is 2. The summed E-state index contributed by atoms with van der Waals surface area (Å²) >= 11 is 8.74. The van der Waals surface area contributed by atoms with Crippen molar-refractivity contribution < 1.29 is 4.79 Å². The topological polar surface area (TPSA) is 98.6 Å². The van der Waals surface area contributed by atoms with Crippen LogP contribution in [-0.2, 0) is 17.6 Å². The third-order valence-corrected chi connectivity index (χ3v) is 6.89. The van der Waals surface area contributed by atoms with E-state index in [1.165, 1.54) is 22.7 Å². The standard InChI is InChI=1S/C19H15ClN4O2S2/c20-13-7-11(6-5-10(13)8-21)22-15(25)9-27-19-23-17(26)16-12-3-1-2-4-14(12)28-18(16)24-19/h5-7H,1-4,9H2,(H,22,25)(H,23,24,26). The Balaban J connectivity index is 1.46. The number of carbonyl (C=O) groups excluding carboxylic acids is 1. The van der Waals surface area contributed by atoms with Crippen LogP contribution in [0.2, 0.25) is 5.02 Å². The number of H-pyrrole nitrogens is 1. The Morgan fingerprint density at radius 2 is 2.21 bits per heavy atom. The van der Waals surface area contributed by atoms with Crippen molar-refractivity contribution in [2.75, 3.05) is 11.1 Å². The van der Waals surface area contributed by atoms with Crippen LogP contribution in [0.4, 0.5) is 5.69 Å². The van der Waals surface area contributed by atoms with Gasteiger partial charge in [-0.2, -0.15) is 5.26 Å². The third-order valence-electron chi connectivity index (χ3n) is 4.52. The van der Waals surface area contributed by atoms with Gasteiger partial charge in [0.25, 0.3) is 5.56 Å². The van der Waals surface area contributed by atoms with Crippen molar-refractivity contribution in [3.63, 3.8) is 0 Å². The number of benzene rings is 1. The first-order chi connectivity index (χ1) is 13.5. The number of amides is 1. The van der Waals surface area contributed by atoms with Crippen LogP contribution in [0.3, 0.4) is 0 Å². The van der Waals surface area contributed by atoms with Gasteiger partial charge in [0, 0.05) is 10.6 Å². The van der Waals surface area contributed by atoms with E-state index in [-0.39, 0.29) is 22.2 Å². The molecule has 0 bridgehead atoms. The molecule has 4 rings (SSSR count). The summed E-state index contributed by atoms with van der Waals surface area (Å²) in [6.07, 6.45) is 4.20. The van der Waals surface area contributed by atoms with Crippen LogP contribution in [0, 0.1) is 11.3 Å². The lowest BCUT2D eigenvalue weighted by atomic mass is 9.97. The van der Waals surface area contributed by atoms with Crippen LogP contribution in [0.15, 0.2) is 28.2 Å². The molecule has 0 fully saturated rings. The normalized spacial score (nSPS) is 13.1. The first-order valence-electron chi connectivity index (χ1n) is 8.72. The van der Waals surface area contributed by atoms with Gasteiger partial charge in [-0.1, -0.05) is 23.4 Å². The Bertz CT molecular complexity index is 1180. The van der Waals surface area contributed by atoms with Gasteiger partial charge in [0.1, 0.15) is 10.9 Å². The predicted molar refractivity (Wildman–Crippen MR) is 112 cm³/mol. The van der Waals surface area contributed by atoms with Gasteiger partial charge >= 0.3 is 0 Å². The maximum absolute atomic E-state index is 12.5. The van der Waals surface area contributed by atoms with Crippen LogP contribution >= 0.6 is 34.7 Å². The molecule has 0 unspecified atom stereocenters. The molecule has 1 amide bonds. The molecule has 142 valence electrons. The maximum Gasteiger partial charge on any atom is 0.260 e. The number of hydrogen-bond acceptors (Lipinski definition) is 6. The SMILES string of the molecule is N#Cc1ccc(NC(=O)CSc2nc3sc4c(c3c(=O)[nH]2)CCCC4)cc1Cl. The fourth-order valence-corrected chi connectivity index (χ4v) is 5.43. The monoisotopic (exact) mass is 430 g/mol. The van der Waals surface area contributed by atoms with E-state index in [0.717, 1.165) is 36.1 Å². The molecule has 1 aliphatic rings. The highest BCUT2D eigenvalue weighted by Gasteiger charge is 2.20. The molecule has 0 aliphatic heterocycles. The highest BCUT2D eigenvalue weighted by atomic mass is 35.5. The maximum atomic E-state index is 12.5. The van der Waals surface area contributed by atoms with E-state index >= 15 is 0 Å². The molecule has 2 aromatic heterocycles. The zero-order chi connectivity index (χ0) is 19.7. The van der Waals surface area contributed by atoms with Crippen molar-refractivity contribution in [1.29, 1.82) is 5.26 Å². The number of aromatic nitrogens is 2. The molecule has 0 spiro atoms. The zero-order valence-electron chi connectivity index (χ0n) is 14.7. The number of thiophene rings is 1. The average Bonchev–Trinajstić information content (AvgIpc) is 3.05. The number of fused-ring (bicyclic) bond motifs is 3. The molecule has 0 saturated heterocycles. The number of hydrogen-bond donors (Lipinski definition) is 2. The van der Waals surface area contributed by atoms with Gasteiger partial charge in [0.05, 0.1) is 21.7 Å². The van der Waals surface area contributed by atoms with Crippen LogP contribution in [-0.4, -0.2) is 21.6 Å². The smallest absolute Gasteiger partial charge is 0.260 e. The molecule has 1 aromatic carbocycles. The number of anilines is 1. The van der Waals surface area contributed by atoms with E-state index in [1.807, 2.05) is 6.07 Å². The Morgan fingerprint density at radius 1 is 1.39 bits per heavy atom. The number of thioether (sulfide) groups is 1. The van der Waals surface area contributed by atoms with Gasteiger partial charge in [-0.3, -0.25) is 9.59 Å². The summed E-state index contributed by atoms with van der Waals surface area (Å²) in [5, 5.41) is 13.0. The largest absolute Gasteiger partial charge is 0.325 e. The number of aromatic amines is 1. The van der Waals surface area contributed by atoms with Gasteiger partial charge in [0.2, 0.25) is 5.91 Å². The quantitative estimate of drug-likeness (QED) is 0.479. The fourth-order valence-electron chi connectivity index (χ4n) is 3.23. The minimum Gasteiger partial charge on any atom is -0.325 e. The van der Waals surface area contributed by atoms with E-state index in [2.05, 4.69) is 15.3 Å². The molecule has 6 nitrogen and oxygen atoms in total. The summed E-state index contributed by atoms with van der Waals surface area (Å²) in [4.78, 5) is 34.1. The summed E-state index contributed by atoms with van der Waals surface area (Å²) in [7, 11) is 0. The van der Waals surface area contributed by atoms with Gasteiger partial charge < -0.3 is 10.3 Å². The molecule has 28 heavy (non-hydrogen) atoms. The first kappa shape index (κ1) is 19.0. The van der Waals surface area contributed by atoms with Gasteiger partial charge in [-0.25, -0.2) is 4.98 Å². The molecular formula is C19H15ClN4O2S2. The molecule has 2 heterocycles. The molecule has 0 radical (unpaired) electrons. The van der Waals surface area contributed by atoms with Crippen molar-refractivity contribution in [2.24, 2.45) is 0 Å². The lowest BCUT2D eigenvalue weighted by Gasteiger charge is -2.09. The summed E-state index contributed by atoms with van der Waals surface area (Å²) < 4.78 is 0. The van der Waals surface area contributed by atoms with Crippen molar-refractivity contribution in [2.45, 2.75) is 30.8 Å². The highest BCUT2D eigenvalue weighted by molar-refractivity contribution is 7.99. The van der Waals surface area contributed by atoms with Crippen molar-refractivity contribution in [1.82, 2.24) is 9.97 Å². The number of nitrogens with one attached hydrogen (secondary N) is 2. The predicted octanol–water partition coefficient (Wildman–Crippen LogP) is 4.12. The Kier molecular flexibility index (Phi) is 5.40. The third kappa shape index (κ3) is 3.78. The fraction of sp³-hybridized carbons (Fsp3) is 0.263. The summed E-state index contributed by atoms with van der Waals surface area (Å²) in [5.74, 6) is -0.157. The lowest BCUT2D eigenvalue weighted by molar-refractivity contribution is -0.113. The molecular weight excluding hydrogens is 416 g/mol. The Hall–Kier alpha value is -2.34. The van der Waals surface area contributed by atoms with Crippen LogP contribution in [0.1, 0.15) is 28.8 Å². The van der Waals surface area contributed by atoms with Crippen molar-refractivity contribution >= 4 is 56.5 Å². The molecule has 2 N–H and O–H groups in total. The highest BCUT2D eigenvalue weighted by Crippen LogP contribution is 2.34. The van der Waals surface area contributed by atoms with E-state index in [4.69, 9.17) is 16.9 Å². The van der Waals surface area contributed by atoms with Gasteiger partial charge in [-0.15, -0.1) is 11.3 Å². The second-order valence-corrected chi connectivity index (χ2v) is 8.86. The van der Waals surface area contributed by atoms with Gasteiger partial charge in [0.15, 0.2) is 5.16 Å². The van der Waals surface area contributed by atoms with E-state index in [1.54, 1.807) is 23.5 Å². The number of rotatable bonds is 4. The summed E-state index contributed by atoms with van der Waals surface area (Å²) in [6, 6.07) is 6.68. The number of carbonyl (C=O) groups is 1. The molecule has 3 aromatic rings. The van der Waals surface area contributed by atoms with E-state index in [0.29, 0.717) is 21.8 Å². The first-order valence-corrected chi connectivity index (χ1v) is 10.9. The van der Waals surface area contributed by atoms with Crippen LogP contribution < -0.4 is 10.9 Å². The molecule has 9 heteroatoms. The van der Waals surface area contributed by atoms with Crippen LogP contribution in [0.5, 0.6) is 0 Å². The minimum atomic E-state index is -0.251. The van der Waals surface area contributed by atoms with Crippen molar-refractivity contribution in [3.8, 4) is 6.07 Å². The number of halogens is 1. The van der Waals surface area contributed by atoms with Crippen LogP contribution in [0.25, 0.3) is 10.2 Å². The average molecular weight is 431 g/mol. The zero-order valence-corrected chi connectivity index (χ0v) is 17.1. The van der Waals surface area contributed by atoms with E-state index < -0.39 is 0 Å². The molecule has 1 aliphatic carbocycles. The number of nitriles is 1. The summed E-state index contributed by atoms with van der Waals surface area (Å²) in [6.45, 7) is 0. The molecule has 0 saturated carbocycles. The van der Waals surface area contributed by atoms with E-state index in [9.17, 15) is 9.59 Å². The Morgan fingerprint density at radius 3 is 3.00 bits per heavy atom. The summed E-state index contributed by atoms with van der Waals surface area (Å²) in [5.41, 5.74) is 1.87. The van der Waals surface area contributed by atoms with Gasteiger partial charge in [-0.05, 0) is 49.4 Å². The molecule has 0 atom stereocenters. The second-order valence-electron chi connectivity index (χ2n) is 6.41. The number of nitrogens with zero attached hydrogens (tertiary/aromatic N) is 2. The minimum absolute atomic E-state index is 0.0944. The van der Waals surface area contributed by atoms with Crippen molar-refractivity contribution in [3.05, 3.63) is 49.6 Å². The Labute approximate surface area is 173 Å². The second kappa shape index (κ2) is 7.95. The lowest BCUT2D eigenvalue weighted by Crippen LogP contribution is -2.15.